The predicted molar refractivity (Wildman–Crippen MR) is 116 cm³/mol. The van der Waals surface area contributed by atoms with E-state index in [0.29, 0.717) is 18.8 Å². The lowest BCUT2D eigenvalue weighted by Gasteiger charge is -2.37. The molecule has 1 saturated carbocycles. The Morgan fingerprint density at radius 2 is 1.93 bits per heavy atom. The van der Waals surface area contributed by atoms with Crippen molar-refractivity contribution >= 4 is 5.91 Å². The van der Waals surface area contributed by atoms with Crippen LogP contribution < -0.4 is 5.56 Å². The van der Waals surface area contributed by atoms with Gasteiger partial charge in [0, 0.05) is 31.5 Å². The highest BCUT2D eigenvalue weighted by molar-refractivity contribution is 5.95. The topological polar surface area (TPSA) is 75.4 Å². The molecule has 0 saturated heterocycles. The van der Waals surface area contributed by atoms with Crippen molar-refractivity contribution in [2.75, 3.05) is 7.05 Å². The van der Waals surface area contributed by atoms with E-state index in [2.05, 4.69) is 36.2 Å². The van der Waals surface area contributed by atoms with E-state index >= 15 is 0 Å². The number of benzene rings is 1. The van der Waals surface area contributed by atoms with Crippen molar-refractivity contribution in [1.29, 1.82) is 0 Å². The summed E-state index contributed by atoms with van der Waals surface area (Å²) in [6, 6.07) is 8.77. The minimum Gasteiger partial charge on any atom is -0.501 e. The third-order valence-electron chi connectivity index (χ3n) is 7.18. The molecule has 1 aliphatic carbocycles. The van der Waals surface area contributed by atoms with Crippen LogP contribution in [-0.2, 0) is 24.8 Å². The van der Waals surface area contributed by atoms with Crippen molar-refractivity contribution < 1.29 is 9.90 Å². The number of carbonyl (C=O) groups excluding carboxylic acids is 1. The lowest BCUT2D eigenvalue weighted by molar-refractivity contribution is 0.0637. The van der Waals surface area contributed by atoms with Gasteiger partial charge < -0.3 is 14.6 Å². The highest BCUT2D eigenvalue weighted by Crippen LogP contribution is 2.44. The average Bonchev–Trinajstić information content (AvgIpc) is 3.23. The van der Waals surface area contributed by atoms with Crippen molar-refractivity contribution in [3.63, 3.8) is 0 Å². The van der Waals surface area contributed by atoms with E-state index in [1.165, 1.54) is 11.1 Å². The monoisotopic (exact) mass is 409 g/mol. The van der Waals surface area contributed by atoms with Crippen LogP contribution in [0.2, 0.25) is 0 Å². The molecule has 0 radical (unpaired) electrons. The van der Waals surface area contributed by atoms with Crippen LogP contribution in [0.4, 0.5) is 0 Å². The van der Waals surface area contributed by atoms with Crippen molar-refractivity contribution in [3.05, 3.63) is 57.3 Å². The van der Waals surface area contributed by atoms with E-state index in [1.807, 2.05) is 11.5 Å². The fourth-order valence-corrected chi connectivity index (χ4v) is 5.25. The summed E-state index contributed by atoms with van der Waals surface area (Å²) in [5.74, 6) is -0.213. The quantitative estimate of drug-likeness (QED) is 0.821. The van der Waals surface area contributed by atoms with Crippen LogP contribution in [0.25, 0.3) is 0 Å². The minimum atomic E-state index is -0.705. The summed E-state index contributed by atoms with van der Waals surface area (Å²) in [4.78, 5) is 31.4. The Kier molecular flexibility index (Phi) is 5.43. The highest BCUT2D eigenvalue weighted by atomic mass is 16.3. The number of fused-ring (bicyclic) bond motifs is 1. The van der Waals surface area contributed by atoms with Gasteiger partial charge in [-0.25, -0.2) is 0 Å². The molecule has 6 nitrogen and oxygen atoms in total. The molecule has 1 aromatic heterocycles. The molecule has 160 valence electrons. The maximum atomic E-state index is 13.0. The van der Waals surface area contributed by atoms with Crippen molar-refractivity contribution in [2.45, 2.75) is 76.8 Å². The maximum absolute atomic E-state index is 13.0. The summed E-state index contributed by atoms with van der Waals surface area (Å²) in [6.45, 7) is 4.75. The van der Waals surface area contributed by atoms with Crippen LogP contribution in [0.1, 0.15) is 73.4 Å². The third-order valence-corrected chi connectivity index (χ3v) is 7.18. The van der Waals surface area contributed by atoms with Gasteiger partial charge in [-0.3, -0.25) is 9.59 Å². The van der Waals surface area contributed by atoms with E-state index in [1.54, 1.807) is 11.9 Å². The molecule has 2 aromatic rings. The smallest absolute Gasteiger partial charge is 0.315 e. The van der Waals surface area contributed by atoms with Crippen LogP contribution in [-0.4, -0.2) is 38.6 Å². The first-order valence-electron chi connectivity index (χ1n) is 11.1. The Labute approximate surface area is 177 Å². The number of carbonyl (C=O) groups is 1. The van der Waals surface area contributed by atoms with E-state index in [0.717, 1.165) is 38.5 Å². The number of aromatic nitrogens is 2. The molecule has 1 aliphatic heterocycles. The van der Waals surface area contributed by atoms with Gasteiger partial charge in [-0.2, -0.15) is 4.98 Å². The summed E-state index contributed by atoms with van der Waals surface area (Å²) in [7, 11) is 1.73. The lowest BCUT2D eigenvalue weighted by atomic mass is 9.75. The molecule has 1 aromatic carbocycles. The number of aromatic hydroxyl groups is 1. The fraction of sp³-hybridized carbons (Fsp3) is 0.542. The first-order chi connectivity index (χ1) is 14.4. The summed E-state index contributed by atoms with van der Waals surface area (Å²) in [6.07, 6.45) is 6.76. The van der Waals surface area contributed by atoms with Gasteiger partial charge in [0.25, 0.3) is 5.91 Å². The normalized spacial score (nSPS) is 20.4. The van der Waals surface area contributed by atoms with Gasteiger partial charge in [0.05, 0.1) is 0 Å². The first kappa shape index (κ1) is 20.6. The van der Waals surface area contributed by atoms with Gasteiger partial charge in [-0.1, -0.05) is 51.0 Å². The second kappa shape index (κ2) is 7.89. The molecule has 30 heavy (non-hydrogen) atoms. The first-order valence-corrected chi connectivity index (χ1v) is 11.1. The van der Waals surface area contributed by atoms with Gasteiger partial charge in [-0.05, 0) is 36.8 Å². The third kappa shape index (κ3) is 3.32. The number of aryl methyl sites for hydroxylation is 1. The summed E-state index contributed by atoms with van der Waals surface area (Å²) in [5.41, 5.74) is 1.90. The zero-order valence-corrected chi connectivity index (χ0v) is 18.1. The maximum Gasteiger partial charge on any atom is 0.315 e. The fourth-order valence-electron chi connectivity index (χ4n) is 5.25. The van der Waals surface area contributed by atoms with Gasteiger partial charge in [0.2, 0.25) is 5.75 Å². The average molecular weight is 410 g/mol. The summed E-state index contributed by atoms with van der Waals surface area (Å²) in [5, 5.41) is 10.4. The van der Waals surface area contributed by atoms with Gasteiger partial charge in [0.1, 0.15) is 5.82 Å². The van der Waals surface area contributed by atoms with Crippen LogP contribution in [0.15, 0.2) is 29.1 Å². The van der Waals surface area contributed by atoms with Crippen LogP contribution >= 0.6 is 0 Å². The number of hydrogen-bond donors (Lipinski definition) is 1. The van der Waals surface area contributed by atoms with E-state index in [-0.39, 0.29) is 23.1 Å². The van der Waals surface area contributed by atoms with Crippen LogP contribution in [0, 0.1) is 0 Å². The second-order valence-corrected chi connectivity index (χ2v) is 8.84. The minimum absolute atomic E-state index is 0.0235. The molecule has 1 N–H and O–H groups in total. The molecule has 2 heterocycles. The lowest BCUT2D eigenvalue weighted by Crippen LogP contribution is -2.48. The van der Waals surface area contributed by atoms with E-state index in [4.69, 9.17) is 0 Å². The molecule has 1 amide bonds. The Bertz CT molecular complexity index is 1020. The Morgan fingerprint density at radius 1 is 1.20 bits per heavy atom. The van der Waals surface area contributed by atoms with E-state index < -0.39 is 11.3 Å². The molecule has 0 unspecified atom stereocenters. The van der Waals surface area contributed by atoms with Crippen molar-refractivity contribution in [3.8, 4) is 5.75 Å². The standard InChI is InChI=1S/C24H31N3O3/c1-4-16-9-8-10-17(13-16)24(11-6-7-12-24)14-19-25-22(29)21(28)20-23(30)26(3)18(5-2)15-27(19)20/h8-10,13,18,28H,4-7,11-12,14-15H2,1-3H3/t18-/m0/s1. The zero-order chi connectivity index (χ0) is 21.5. The molecule has 4 rings (SSSR count). The molecule has 6 heteroatoms. The zero-order valence-electron chi connectivity index (χ0n) is 18.1. The molecule has 0 spiro atoms. The molecular weight excluding hydrogens is 378 g/mol. The van der Waals surface area contributed by atoms with Crippen molar-refractivity contribution in [1.82, 2.24) is 14.5 Å². The number of amides is 1. The summed E-state index contributed by atoms with van der Waals surface area (Å²) >= 11 is 0. The Balaban J connectivity index is 1.83. The number of rotatable bonds is 5. The van der Waals surface area contributed by atoms with Gasteiger partial charge >= 0.3 is 5.56 Å². The Morgan fingerprint density at radius 3 is 2.60 bits per heavy atom. The van der Waals surface area contributed by atoms with Gasteiger partial charge in [0.15, 0.2) is 5.69 Å². The molecule has 1 fully saturated rings. The number of nitrogens with zero attached hydrogens (tertiary/aromatic N) is 3. The summed E-state index contributed by atoms with van der Waals surface area (Å²) < 4.78 is 1.82. The SMILES string of the molecule is CCc1cccc(C2(Cc3nc(=O)c(O)c4n3C[C@H](CC)N(C)C4=O)CCCC2)c1. The molecule has 1 atom stereocenters. The van der Waals surface area contributed by atoms with Crippen LogP contribution in [0.5, 0.6) is 5.75 Å². The molecule has 2 aliphatic rings. The Hall–Kier alpha value is -2.63. The van der Waals surface area contributed by atoms with Crippen molar-refractivity contribution in [2.24, 2.45) is 0 Å². The largest absolute Gasteiger partial charge is 0.501 e. The predicted octanol–water partition coefficient (Wildman–Crippen LogP) is 3.43. The van der Waals surface area contributed by atoms with Gasteiger partial charge in [-0.15, -0.1) is 0 Å². The van der Waals surface area contributed by atoms with E-state index in [9.17, 15) is 14.7 Å². The number of likely N-dealkylation sites (N-methyl/N-ethyl adjacent to an activating group) is 1. The number of hydrogen-bond acceptors (Lipinski definition) is 4. The van der Waals surface area contributed by atoms with Crippen LogP contribution in [0.3, 0.4) is 0 Å². The second-order valence-electron chi connectivity index (χ2n) is 8.84. The molecule has 0 bridgehead atoms. The highest BCUT2D eigenvalue weighted by Gasteiger charge is 2.40. The molecular formula is C24H31N3O3.